The van der Waals surface area contributed by atoms with E-state index in [0.717, 1.165) is 4.90 Å². The number of Topliss-reactive ketones (excluding diaryl/α,β-unsaturated/α-hetero) is 1. The second-order valence-corrected chi connectivity index (χ2v) is 5.08. The van der Waals surface area contributed by atoms with Crippen LogP contribution < -0.4 is 4.90 Å². The number of benzene rings is 1. The molecule has 0 saturated heterocycles. The van der Waals surface area contributed by atoms with Crippen molar-refractivity contribution in [2.75, 3.05) is 11.4 Å². The van der Waals surface area contributed by atoms with Crippen LogP contribution in [-0.4, -0.2) is 24.4 Å². The Bertz CT molecular complexity index is 542. The van der Waals surface area contributed by atoms with Crippen molar-refractivity contribution in [1.82, 2.24) is 0 Å². The SMILES string of the molecule is O=C1C(=O)N(CCCC(F)(F)F)c2cc(Br)ccc21. The molecule has 3 nitrogen and oxygen atoms in total. The Balaban J connectivity index is 2.16. The van der Waals surface area contributed by atoms with E-state index in [0.29, 0.717) is 10.2 Å². The van der Waals surface area contributed by atoms with Crippen LogP contribution in [0.4, 0.5) is 18.9 Å². The fourth-order valence-corrected chi connectivity index (χ4v) is 2.28. The average molecular weight is 336 g/mol. The van der Waals surface area contributed by atoms with Gasteiger partial charge in [-0.15, -0.1) is 0 Å². The monoisotopic (exact) mass is 335 g/mol. The number of rotatable bonds is 3. The summed E-state index contributed by atoms with van der Waals surface area (Å²) in [6.45, 7) is -0.118. The normalized spacial score (nSPS) is 15.1. The van der Waals surface area contributed by atoms with Gasteiger partial charge in [0.25, 0.3) is 11.7 Å². The number of alkyl halides is 3. The standard InChI is InChI=1S/C12H9BrF3NO2/c13-7-2-3-8-9(6-7)17(11(19)10(8)18)5-1-4-12(14,15)16/h2-3,6H,1,4-5H2. The molecule has 0 atom stereocenters. The van der Waals surface area contributed by atoms with Crippen molar-refractivity contribution in [3.8, 4) is 0 Å². The zero-order chi connectivity index (χ0) is 14.2. The van der Waals surface area contributed by atoms with Gasteiger partial charge in [-0.2, -0.15) is 13.2 Å². The van der Waals surface area contributed by atoms with Crippen LogP contribution in [0, 0.1) is 0 Å². The maximum Gasteiger partial charge on any atom is 0.389 e. The van der Waals surface area contributed by atoms with Gasteiger partial charge < -0.3 is 4.90 Å². The molecule has 0 N–H and O–H groups in total. The van der Waals surface area contributed by atoms with Gasteiger partial charge >= 0.3 is 6.18 Å². The van der Waals surface area contributed by atoms with Gasteiger partial charge in [0.1, 0.15) is 0 Å². The van der Waals surface area contributed by atoms with Crippen LogP contribution in [0.5, 0.6) is 0 Å². The van der Waals surface area contributed by atoms with Crippen LogP contribution in [0.1, 0.15) is 23.2 Å². The smallest absolute Gasteiger partial charge is 0.305 e. The third-order valence-corrected chi connectivity index (χ3v) is 3.27. The molecular formula is C12H9BrF3NO2. The molecule has 1 amide bonds. The summed E-state index contributed by atoms with van der Waals surface area (Å²) in [5, 5.41) is 0. The lowest BCUT2D eigenvalue weighted by atomic mass is 10.1. The average Bonchev–Trinajstić information content (AvgIpc) is 2.52. The highest BCUT2D eigenvalue weighted by Crippen LogP contribution is 2.32. The Morgan fingerprint density at radius 1 is 1.21 bits per heavy atom. The largest absolute Gasteiger partial charge is 0.389 e. The van der Waals surface area contributed by atoms with Gasteiger partial charge in [-0.1, -0.05) is 15.9 Å². The van der Waals surface area contributed by atoms with Crippen molar-refractivity contribution in [3.05, 3.63) is 28.2 Å². The van der Waals surface area contributed by atoms with Crippen molar-refractivity contribution in [2.24, 2.45) is 0 Å². The van der Waals surface area contributed by atoms with Crippen LogP contribution in [0.2, 0.25) is 0 Å². The molecule has 7 heteroatoms. The van der Waals surface area contributed by atoms with E-state index < -0.39 is 24.3 Å². The minimum Gasteiger partial charge on any atom is -0.305 e. The molecule has 0 fully saturated rings. The molecule has 19 heavy (non-hydrogen) atoms. The number of nitrogens with zero attached hydrogens (tertiary/aromatic N) is 1. The first-order valence-electron chi connectivity index (χ1n) is 5.52. The van der Waals surface area contributed by atoms with Crippen LogP contribution in [-0.2, 0) is 4.79 Å². The summed E-state index contributed by atoms with van der Waals surface area (Å²) in [6, 6.07) is 4.67. The summed E-state index contributed by atoms with van der Waals surface area (Å²) >= 11 is 3.20. The second kappa shape index (κ2) is 4.96. The zero-order valence-electron chi connectivity index (χ0n) is 9.63. The minimum absolute atomic E-state index is 0.118. The maximum atomic E-state index is 12.1. The highest BCUT2D eigenvalue weighted by atomic mass is 79.9. The van der Waals surface area contributed by atoms with Crippen LogP contribution in [0.25, 0.3) is 0 Å². The highest BCUT2D eigenvalue weighted by Gasteiger charge is 2.36. The quantitative estimate of drug-likeness (QED) is 0.794. The molecule has 0 saturated carbocycles. The Morgan fingerprint density at radius 3 is 2.53 bits per heavy atom. The molecule has 2 rings (SSSR count). The summed E-state index contributed by atoms with van der Waals surface area (Å²) in [7, 11) is 0. The number of halogens is 4. The van der Waals surface area contributed by atoms with Gasteiger partial charge in [0, 0.05) is 17.4 Å². The van der Waals surface area contributed by atoms with E-state index >= 15 is 0 Å². The number of anilines is 1. The number of hydrogen-bond acceptors (Lipinski definition) is 2. The first-order valence-corrected chi connectivity index (χ1v) is 6.31. The predicted octanol–water partition coefficient (Wildman–Crippen LogP) is 3.32. The second-order valence-electron chi connectivity index (χ2n) is 4.17. The Morgan fingerprint density at radius 2 is 1.89 bits per heavy atom. The van der Waals surface area contributed by atoms with E-state index in [2.05, 4.69) is 15.9 Å². The van der Waals surface area contributed by atoms with Gasteiger partial charge in [-0.25, -0.2) is 0 Å². The maximum absolute atomic E-state index is 12.1. The fourth-order valence-electron chi connectivity index (χ4n) is 1.93. The third-order valence-electron chi connectivity index (χ3n) is 2.78. The van der Waals surface area contributed by atoms with Crippen molar-refractivity contribution in [2.45, 2.75) is 19.0 Å². The zero-order valence-corrected chi connectivity index (χ0v) is 11.2. The summed E-state index contributed by atoms with van der Waals surface area (Å²) < 4.78 is 36.9. The molecule has 0 radical (unpaired) electrons. The van der Waals surface area contributed by atoms with Crippen LogP contribution >= 0.6 is 15.9 Å². The Labute approximate surface area is 115 Å². The van der Waals surface area contributed by atoms with Crippen molar-refractivity contribution in [3.63, 3.8) is 0 Å². The molecule has 1 aromatic rings. The van der Waals surface area contributed by atoms with Gasteiger partial charge in [-0.3, -0.25) is 9.59 Å². The Kier molecular flexibility index (Phi) is 3.66. The summed E-state index contributed by atoms with van der Waals surface area (Å²) in [6.07, 6.45) is -5.46. The van der Waals surface area contributed by atoms with Crippen LogP contribution in [0.3, 0.4) is 0 Å². The number of amides is 1. The molecule has 0 aromatic heterocycles. The van der Waals surface area contributed by atoms with Gasteiger partial charge in [-0.05, 0) is 24.6 Å². The lowest BCUT2D eigenvalue weighted by Crippen LogP contribution is -2.31. The minimum atomic E-state index is -4.26. The van der Waals surface area contributed by atoms with E-state index in [4.69, 9.17) is 0 Å². The highest BCUT2D eigenvalue weighted by molar-refractivity contribution is 9.10. The topological polar surface area (TPSA) is 37.4 Å². The summed E-state index contributed by atoms with van der Waals surface area (Å²) in [4.78, 5) is 24.5. The third kappa shape index (κ3) is 2.97. The molecule has 0 spiro atoms. The van der Waals surface area contributed by atoms with Crippen LogP contribution in [0.15, 0.2) is 22.7 Å². The van der Waals surface area contributed by atoms with Gasteiger partial charge in [0.2, 0.25) is 0 Å². The molecule has 0 aliphatic carbocycles. The number of carbonyl (C=O) groups excluding carboxylic acids is 2. The number of hydrogen-bond donors (Lipinski definition) is 0. The van der Waals surface area contributed by atoms with Crippen molar-refractivity contribution in [1.29, 1.82) is 0 Å². The predicted molar refractivity (Wildman–Crippen MR) is 66.1 cm³/mol. The first-order chi connectivity index (χ1) is 8.79. The van der Waals surface area contributed by atoms with E-state index in [-0.39, 0.29) is 18.5 Å². The van der Waals surface area contributed by atoms with E-state index in [9.17, 15) is 22.8 Å². The van der Waals surface area contributed by atoms with Gasteiger partial charge in [0.15, 0.2) is 0 Å². The van der Waals surface area contributed by atoms with Crippen molar-refractivity contribution >= 4 is 33.3 Å². The van der Waals surface area contributed by atoms with E-state index in [1.807, 2.05) is 0 Å². The lowest BCUT2D eigenvalue weighted by molar-refractivity contribution is -0.135. The molecule has 1 heterocycles. The van der Waals surface area contributed by atoms with E-state index in [1.165, 1.54) is 6.07 Å². The van der Waals surface area contributed by atoms with E-state index in [1.54, 1.807) is 12.1 Å². The molecule has 0 unspecified atom stereocenters. The number of fused-ring (bicyclic) bond motifs is 1. The Hall–Kier alpha value is -1.37. The van der Waals surface area contributed by atoms with Crippen molar-refractivity contribution < 1.29 is 22.8 Å². The first kappa shape index (κ1) is 14.0. The molecular weight excluding hydrogens is 327 g/mol. The summed E-state index contributed by atoms with van der Waals surface area (Å²) in [5.41, 5.74) is 0.603. The molecule has 102 valence electrons. The lowest BCUT2D eigenvalue weighted by Gasteiger charge is -2.17. The molecule has 1 aliphatic heterocycles. The molecule has 1 aromatic carbocycles. The summed E-state index contributed by atoms with van der Waals surface area (Å²) in [5.74, 6) is -1.44. The molecule has 1 aliphatic rings. The number of carbonyl (C=O) groups is 2. The fraction of sp³-hybridized carbons (Fsp3) is 0.333. The van der Waals surface area contributed by atoms with Gasteiger partial charge in [0.05, 0.1) is 11.3 Å². The molecule has 0 bridgehead atoms. The number of ketones is 1.